The van der Waals surface area contributed by atoms with Crippen molar-refractivity contribution in [3.8, 4) is 0 Å². The summed E-state index contributed by atoms with van der Waals surface area (Å²) in [6.45, 7) is 6.46. The summed E-state index contributed by atoms with van der Waals surface area (Å²) >= 11 is 1.84. The van der Waals surface area contributed by atoms with E-state index in [4.69, 9.17) is 4.74 Å². The van der Waals surface area contributed by atoms with Gasteiger partial charge in [-0.25, -0.2) is 0 Å². The highest BCUT2D eigenvalue weighted by Gasteiger charge is 2.22. The van der Waals surface area contributed by atoms with Crippen molar-refractivity contribution in [3.05, 3.63) is 12.2 Å². The van der Waals surface area contributed by atoms with Crippen LogP contribution in [0.5, 0.6) is 0 Å². The SMILES string of the molecule is C=C(C)CC(O)C1CSCCO1. The van der Waals surface area contributed by atoms with Crippen LogP contribution < -0.4 is 0 Å². The molecule has 1 saturated heterocycles. The number of hydrogen-bond acceptors (Lipinski definition) is 3. The van der Waals surface area contributed by atoms with Crippen molar-refractivity contribution in [2.75, 3.05) is 18.1 Å². The van der Waals surface area contributed by atoms with Crippen molar-refractivity contribution < 1.29 is 9.84 Å². The van der Waals surface area contributed by atoms with E-state index in [9.17, 15) is 5.11 Å². The Morgan fingerprint density at radius 2 is 2.58 bits per heavy atom. The quantitative estimate of drug-likeness (QED) is 0.680. The van der Waals surface area contributed by atoms with E-state index in [-0.39, 0.29) is 12.2 Å². The van der Waals surface area contributed by atoms with Crippen LogP contribution in [0.1, 0.15) is 13.3 Å². The largest absolute Gasteiger partial charge is 0.390 e. The molecule has 12 heavy (non-hydrogen) atoms. The first kappa shape index (κ1) is 10.1. The highest BCUT2D eigenvalue weighted by Crippen LogP contribution is 2.18. The summed E-state index contributed by atoms with van der Waals surface area (Å²) in [5.74, 6) is 1.96. The lowest BCUT2D eigenvalue weighted by molar-refractivity contribution is -0.0207. The van der Waals surface area contributed by atoms with Gasteiger partial charge in [-0.3, -0.25) is 0 Å². The van der Waals surface area contributed by atoms with Gasteiger partial charge in [-0.2, -0.15) is 11.8 Å². The molecule has 70 valence electrons. The van der Waals surface area contributed by atoms with Gasteiger partial charge in [0.25, 0.3) is 0 Å². The first-order valence-electron chi connectivity index (χ1n) is 4.22. The maximum Gasteiger partial charge on any atom is 0.0927 e. The molecule has 0 amide bonds. The van der Waals surface area contributed by atoms with Crippen LogP contribution in [0.4, 0.5) is 0 Å². The Bertz CT molecular complexity index is 153. The summed E-state index contributed by atoms with van der Waals surface area (Å²) in [7, 11) is 0. The van der Waals surface area contributed by atoms with Gasteiger partial charge < -0.3 is 9.84 Å². The minimum Gasteiger partial charge on any atom is -0.390 e. The highest BCUT2D eigenvalue weighted by molar-refractivity contribution is 7.99. The maximum absolute atomic E-state index is 9.65. The predicted molar refractivity (Wildman–Crippen MR) is 52.5 cm³/mol. The molecule has 0 aliphatic carbocycles. The number of aliphatic hydroxyl groups is 1. The molecular weight excluding hydrogens is 172 g/mol. The molecule has 0 radical (unpaired) electrons. The van der Waals surface area contributed by atoms with Crippen molar-refractivity contribution in [3.63, 3.8) is 0 Å². The van der Waals surface area contributed by atoms with E-state index in [2.05, 4.69) is 6.58 Å². The first-order chi connectivity index (χ1) is 5.70. The van der Waals surface area contributed by atoms with E-state index in [1.807, 2.05) is 18.7 Å². The summed E-state index contributed by atoms with van der Waals surface area (Å²) in [5.41, 5.74) is 1.02. The lowest BCUT2D eigenvalue weighted by Gasteiger charge is -2.26. The van der Waals surface area contributed by atoms with Gasteiger partial charge in [0.15, 0.2) is 0 Å². The molecule has 2 unspecified atom stereocenters. The molecule has 3 heteroatoms. The number of ether oxygens (including phenoxy) is 1. The van der Waals surface area contributed by atoms with Crippen molar-refractivity contribution in [1.29, 1.82) is 0 Å². The zero-order chi connectivity index (χ0) is 8.97. The molecular formula is C9H16O2S. The monoisotopic (exact) mass is 188 g/mol. The van der Waals surface area contributed by atoms with Crippen molar-refractivity contribution in [2.45, 2.75) is 25.6 Å². The number of thioether (sulfide) groups is 1. The van der Waals surface area contributed by atoms with Crippen LogP contribution in [-0.4, -0.2) is 35.4 Å². The van der Waals surface area contributed by atoms with Crippen LogP contribution in [0.2, 0.25) is 0 Å². The van der Waals surface area contributed by atoms with Crippen LogP contribution >= 0.6 is 11.8 Å². The zero-order valence-electron chi connectivity index (χ0n) is 7.45. The van der Waals surface area contributed by atoms with Gasteiger partial charge in [-0.15, -0.1) is 6.58 Å². The Labute approximate surface area is 78.0 Å². The Morgan fingerprint density at radius 1 is 1.83 bits per heavy atom. The van der Waals surface area contributed by atoms with Crippen molar-refractivity contribution in [1.82, 2.24) is 0 Å². The molecule has 0 aromatic heterocycles. The van der Waals surface area contributed by atoms with Gasteiger partial charge in [-0.1, -0.05) is 5.57 Å². The number of rotatable bonds is 3. The third kappa shape index (κ3) is 3.17. The minimum atomic E-state index is -0.365. The topological polar surface area (TPSA) is 29.5 Å². The molecule has 0 spiro atoms. The summed E-state index contributed by atoms with van der Waals surface area (Å²) in [6, 6.07) is 0. The normalized spacial score (nSPS) is 26.7. The second-order valence-electron chi connectivity index (χ2n) is 3.21. The smallest absolute Gasteiger partial charge is 0.0927 e. The van der Waals surface area contributed by atoms with E-state index < -0.39 is 0 Å². The second-order valence-corrected chi connectivity index (χ2v) is 4.36. The Hall–Kier alpha value is 0.01000. The minimum absolute atomic E-state index is 0.0143. The third-order valence-corrected chi connectivity index (χ3v) is 2.85. The van der Waals surface area contributed by atoms with Gasteiger partial charge in [-0.05, 0) is 13.3 Å². The fourth-order valence-corrected chi connectivity index (χ4v) is 2.15. The summed E-state index contributed by atoms with van der Waals surface area (Å²) in [6.07, 6.45) is 0.307. The lowest BCUT2D eigenvalue weighted by Crippen LogP contribution is -2.35. The van der Waals surface area contributed by atoms with E-state index in [0.717, 1.165) is 23.7 Å². The van der Waals surface area contributed by atoms with E-state index in [0.29, 0.717) is 6.42 Å². The number of hydrogen-bond donors (Lipinski definition) is 1. The zero-order valence-corrected chi connectivity index (χ0v) is 8.27. The van der Waals surface area contributed by atoms with Crippen LogP contribution in [0.25, 0.3) is 0 Å². The molecule has 2 nitrogen and oxygen atoms in total. The molecule has 1 aliphatic rings. The average molecular weight is 188 g/mol. The van der Waals surface area contributed by atoms with Crippen molar-refractivity contribution in [2.24, 2.45) is 0 Å². The van der Waals surface area contributed by atoms with Crippen LogP contribution in [-0.2, 0) is 4.74 Å². The molecule has 1 rings (SSSR count). The predicted octanol–water partition coefficient (Wildman–Crippen LogP) is 1.45. The maximum atomic E-state index is 9.65. The molecule has 0 saturated carbocycles. The van der Waals surface area contributed by atoms with Crippen molar-refractivity contribution >= 4 is 11.8 Å². The first-order valence-corrected chi connectivity index (χ1v) is 5.37. The van der Waals surface area contributed by atoms with Crippen LogP contribution in [0.15, 0.2) is 12.2 Å². The summed E-state index contributed by atoms with van der Waals surface area (Å²) in [5, 5.41) is 9.65. The standard InChI is InChI=1S/C9H16O2S/c1-7(2)5-8(10)9-6-12-4-3-11-9/h8-10H,1,3-6H2,2H3. The molecule has 2 atom stereocenters. The van der Waals surface area contributed by atoms with Crippen LogP contribution in [0.3, 0.4) is 0 Å². The van der Waals surface area contributed by atoms with E-state index in [1.54, 1.807) is 0 Å². The molecule has 1 N–H and O–H groups in total. The van der Waals surface area contributed by atoms with Gasteiger partial charge in [0.05, 0.1) is 18.8 Å². The van der Waals surface area contributed by atoms with Gasteiger partial charge >= 0.3 is 0 Å². The number of aliphatic hydroxyl groups excluding tert-OH is 1. The van der Waals surface area contributed by atoms with Gasteiger partial charge in [0.1, 0.15) is 0 Å². The van der Waals surface area contributed by atoms with E-state index >= 15 is 0 Å². The van der Waals surface area contributed by atoms with Crippen LogP contribution in [0, 0.1) is 0 Å². The average Bonchev–Trinajstić information content (AvgIpc) is 2.05. The molecule has 0 aromatic rings. The van der Waals surface area contributed by atoms with E-state index in [1.165, 1.54) is 0 Å². The molecule has 1 aliphatic heterocycles. The molecule has 1 heterocycles. The van der Waals surface area contributed by atoms with Gasteiger partial charge in [0, 0.05) is 11.5 Å². The fraction of sp³-hybridized carbons (Fsp3) is 0.778. The highest BCUT2D eigenvalue weighted by atomic mass is 32.2. The Morgan fingerprint density at radius 3 is 3.08 bits per heavy atom. The molecule has 0 aromatic carbocycles. The van der Waals surface area contributed by atoms with Gasteiger partial charge in [0.2, 0.25) is 0 Å². The Balaban J connectivity index is 2.29. The Kier molecular flexibility index (Phi) is 4.12. The third-order valence-electron chi connectivity index (χ3n) is 1.83. The second kappa shape index (κ2) is 4.90. The molecule has 1 fully saturated rings. The summed E-state index contributed by atoms with van der Waals surface area (Å²) in [4.78, 5) is 0. The molecule has 0 bridgehead atoms. The fourth-order valence-electron chi connectivity index (χ4n) is 1.22. The lowest BCUT2D eigenvalue weighted by atomic mass is 10.1. The summed E-state index contributed by atoms with van der Waals surface area (Å²) < 4.78 is 5.43.